The highest BCUT2D eigenvalue weighted by molar-refractivity contribution is 5.89. The van der Waals surface area contributed by atoms with Crippen LogP contribution in [0.15, 0.2) is 84.9 Å². The van der Waals surface area contributed by atoms with Crippen molar-refractivity contribution in [2.24, 2.45) is 5.92 Å². The number of hydrogen-bond donors (Lipinski definition) is 1. The zero-order valence-corrected chi connectivity index (χ0v) is 19.5. The molecule has 3 rings (SSSR count). The molecule has 1 N–H and O–H groups in total. The summed E-state index contributed by atoms with van der Waals surface area (Å²) in [6.07, 6.45) is 0.689. The van der Waals surface area contributed by atoms with E-state index in [2.05, 4.69) is 5.32 Å². The van der Waals surface area contributed by atoms with Crippen LogP contribution < -0.4 is 10.1 Å². The van der Waals surface area contributed by atoms with Gasteiger partial charge in [-0.2, -0.15) is 0 Å². The summed E-state index contributed by atoms with van der Waals surface area (Å²) in [6, 6.07) is 26.4. The molecule has 5 heteroatoms. The molecular formula is C28H32N2O3. The molecule has 172 valence electrons. The van der Waals surface area contributed by atoms with E-state index in [0.717, 1.165) is 22.4 Å². The largest absolute Gasteiger partial charge is 0.497 e. The molecule has 2 amide bonds. The van der Waals surface area contributed by atoms with Gasteiger partial charge in [0.25, 0.3) is 0 Å². The number of carbonyl (C=O) groups excluding carboxylic acids is 2. The molecule has 0 radical (unpaired) electrons. The van der Waals surface area contributed by atoms with Crippen molar-refractivity contribution in [3.63, 3.8) is 0 Å². The maximum atomic E-state index is 13.5. The van der Waals surface area contributed by atoms with Crippen LogP contribution in [0.2, 0.25) is 0 Å². The minimum Gasteiger partial charge on any atom is -0.497 e. The van der Waals surface area contributed by atoms with Crippen LogP contribution in [0.3, 0.4) is 0 Å². The number of benzene rings is 3. The summed E-state index contributed by atoms with van der Waals surface area (Å²) in [4.78, 5) is 28.4. The zero-order chi connectivity index (χ0) is 23.6. The van der Waals surface area contributed by atoms with E-state index in [4.69, 9.17) is 4.74 Å². The zero-order valence-electron chi connectivity index (χ0n) is 19.5. The normalized spacial score (nSPS) is 11.6. The summed E-state index contributed by atoms with van der Waals surface area (Å²) < 4.78 is 5.20. The molecule has 3 aromatic rings. The Labute approximate surface area is 196 Å². The van der Waals surface area contributed by atoms with Gasteiger partial charge in [0.05, 0.1) is 7.11 Å². The van der Waals surface area contributed by atoms with Gasteiger partial charge in [0.15, 0.2) is 0 Å². The quantitative estimate of drug-likeness (QED) is 0.490. The SMILES string of the molecule is COc1ccc(CCNC(=O)C(c2ccccc2)N(Cc2ccccc2)C(=O)C(C)C)cc1. The first-order valence-corrected chi connectivity index (χ1v) is 11.3. The molecule has 1 atom stereocenters. The molecule has 0 aliphatic heterocycles. The lowest BCUT2D eigenvalue weighted by atomic mass is 10.0. The van der Waals surface area contributed by atoms with Crippen molar-refractivity contribution in [3.8, 4) is 5.75 Å². The Bertz CT molecular complexity index is 1020. The Hall–Kier alpha value is -3.60. The van der Waals surface area contributed by atoms with Crippen LogP contribution >= 0.6 is 0 Å². The summed E-state index contributed by atoms with van der Waals surface area (Å²) in [5.41, 5.74) is 2.88. The monoisotopic (exact) mass is 444 g/mol. The van der Waals surface area contributed by atoms with Gasteiger partial charge in [-0.15, -0.1) is 0 Å². The molecule has 0 heterocycles. The van der Waals surface area contributed by atoms with Crippen molar-refractivity contribution in [1.82, 2.24) is 10.2 Å². The molecule has 3 aromatic carbocycles. The average molecular weight is 445 g/mol. The topological polar surface area (TPSA) is 58.6 Å². The Morgan fingerprint density at radius 1 is 0.848 bits per heavy atom. The molecule has 0 fully saturated rings. The van der Waals surface area contributed by atoms with E-state index in [1.807, 2.05) is 98.8 Å². The van der Waals surface area contributed by atoms with Gasteiger partial charge >= 0.3 is 0 Å². The van der Waals surface area contributed by atoms with E-state index in [0.29, 0.717) is 19.5 Å². The Kier molecular flexibility index (Phi) is 8.64. The standard InChI is InChI=1S/C28H32N2O3/c1-21(2)28(32)30(20-23-10-6-4-7-11-23)26(24-12-8-5-9-13-24)27(31)29-19-18-22-14-16-25(33-3)17-15-22/h4-17,21,26H,18-20H2,1-3H3,(H,29,31). The minimum atomic E-state index is -0.711. The number of nitrogens with one attached hydrogen (secondary N) is 1. The fourth-order valence-electron chi connectivity index (χ4n) is 3.74. The second kappa shape index (κ2) is 11.9. The van der Waals surface area contributed by atoms with E-state index < -0.39 is 6.04 Å². The average Bonchev–Trinajstić information content (AvgIpc) is 2.85. The molecule has 0 saturated carbocycles. The van der Waals surface area contributed by atoms with E-state index >= 15 is 0 Å². The number of hydrogen-bond acceptors (Lipinski definition) is 3. The third kappa shape index (κ3) is 6.69. The number of ether oxygens (including phenoxy) is 1. The first-order valence-electron chi connectivity index (χ1n) is 11.3. The second-order valence-electron chi connectivity index (χ2n) is 8.31. The number of rotatable bonds is 10. The first-order chi connectivity index (χ1) is 16.0. The third-order valence-electron chi connectivity index (χ3n) is 5.52. The molecule has 33 heavy (non-hydrogen) atoms. The number of carbonyl (C=O) groups is 2. The number of methoxy groups -OCH3 is 1. The summed E-state index contributed by atoms with van der Waals surface area (Å²) in [6.45, 7) is 4.57. The van der Waals surface area contributed by atoms with Gasteiger partial charge in [-0.05, 0) is 35.2 Å². The lowest BCUT2D eigenvalue weighted by Gasteiger charge is -2.33. The van der Waals surface area contributed by atoms with E-state index in [-0.39, 0.29) is 17.7 Å². The van der Waals surface area contributed by atoms with Crippen molar-refractivity contribution in [2.75, 3.05) is 13.7 Å². The highest BCUT2D eigenvalue weighted by atomic mass is 16.5. The predicted molar refractivity (Wildman–Crippen MR) is 131 cm³/mol. The van der Waals surface area contributed by atoms with Gasteiger partial charge in [-0.1, -0.05) is 86.6 Å². The maximum Gasteiger partial charge on any atom is 0.247 e. The molecule has 0 spiro atoms. The lowest BCUT2D eigenvalue weighted by molar-refractivity contribution is -0.144. The van der Waals surface area contributed by atoms with E-state index in [9.17, 15) is 9.59 Å². The van der Waals surface area contributed by atoms with Crippen LogP contribution in [0.4, 0.5) is 0 Å². The van der Waals surface area contributed by atoms with Crippen LogP contribution in [0.1, 0.15) is 36.6 Å². The number of amides is 2. The Morgan fingerprint density at radius 2 is 1.45 bits per heavy atom. The van der Waals surface area contributed by atoms with Crippen LogP contribution in [-0.4, -0.2) is 30.4 Å². The van der Waals surface area contributed by atoms with Gasteiger partial charge in [-0.3, -0.25) is 9.59 Å². The van der Waals surface area contributed by atoms with E-state index in [1.54, 1.807) is 12.0 Å². The number of nitrogens with zero attached hydrogens (tertiary/aromatic N) is 1. The third-order valence-corrected chi connectivity index (χ3v) is 5.52. The molecule has 0 saturated heterocycles. The van der Waals surface area contributed by atoms with Crippen LogP contribution in [0.5, 0.6) is 5.75 Å². The fraction of sp³-hybridized carbons (Fsp3) is 0.286. The van der Waals surface area contributed by atoms with Gasteiger partial charge in [0.2, 0.25) is 11.8 Å². The maximum absolute atomic E-state index is 13.5. The van der Waals surface area contributed by atoms with Crippen molar-refractivity contribution < 1.29 is 14.3 Å². The smallest absolute Gasteiger partial charge is 0.247 e. The van der Waals surface area contributed by atoms with Gasteiger partial charge < -0.3 is 15.0 Å². The minimum absolute atomic E-state index is 0.0574. The van der Waals surface area contributed by atoms with Gasteiger partial charge in [0.1, 0.15) is 11.8 Å². The molecule has 0 aromatic heterocycles. The van der Waals surface area contributed by atoms with Crippen molar-refractivity contribution in [3.05, 3.63) is 102 Å². The van der Waals surface area contributed by atoms with Crippen LogP contribution in [-0.2, 0) is 22.6 Å². The van der Waals surface area contributed by atoms with E-state index in [1.165, 1.54) is 0 Å². The molecule has 1 unspecified atom stereocenters. The van der Waals surface area contributed by atoms with Crippen LogP contribution in [0, 0.1) is 5.92 Å². The molecular weight excluding hydrogens is 412 g/mol. The van der Waals surface area contributed by atoms with Crippen molar-refractivity contribution in [2.45, 2.75) is 32.9 Å². The fourth-order valence-corrected chi connectivity index (χ4v) is 3.74. The molecule has 0 aliphatic rings. The highest BCUT2D eigenvalue weighted by Crippen LogP contribution is 2.25. The summed E-state index contributed by atoms with van der Waals surface area (Å²) in [5.74, 6) is 0.334. The lowest BCUT2D eigenvalue weighted by Crippen LogP contribution is -2.45. The highest BCUT2D eigenvalue weighted by Gasteiger charge is 2.32. The van der Waals surface area contributed by atoms with Crippen LogP contribution in [0.25, 0.3) is 0 Å². The molecule has 0 aliphatic carbocycles. The molecule has 5 nitrogen and oxygen atoms in total. The van der Waals surface area contributed by atoms with Gasteiger partial charge in [-0.25, -0.2) is 0 Å². The van der Waals surface area contributed by atoms with Crippen molar-refractivity contribution in [1.29, 1.82) is 0 Å². The first kappa shape index (κ1) is 24.1. The Balaban J connectivity index is 1.81. The summed E-state index contributed by atoms with van der Waals surface area (Å²) in [7, 11) is 1.64. The molecule has 0 bridgehead atoms. The summed E-state index contributed by atoms with van der Waals surface area (Å²) >= 11 is 0. The predicted octanol–water partition coefficient (Wildman–Crippen LogP) is 4.78. The second-order valence-corrected chi connectivity index (χ2v) is 8.31. The summed E-state index contributed by atoms with van der Waals surface area (Å²) in [5, 5.41) is 3.05. The van der Waals surface area contributed by atoms with Gasteiger partial charge in [0, 0.05) is 19.0 Å². The Morgan fingerprint density at radius 3 is 2.03 bits per heavy atom. The van der Waals surface area contributed by atoms with Crippen molar-refractivity contribution >= 4 is 11.8 Å².